The van der Waals surface area contributed by atoms with E-state index in [0.29, 0.717) is 11.3 Å². The second kappa shape index (κ2) is 8.19. The van der Waals surface area contributed by atoms with E-state index >= 15 is 0 Å². The zero-order valence-corrected chi connectivity index (χ0v) is 14.8. The normalized spacial score (nSPS) is 10.4. The summed E-state index contributed by atoms with van der Waals surface area (Å²) in [7, 11) is 1.64. The van der Waals surface area contributed by atoms with Crippen LogP contribution in [0.1, 0.15) is 37.9 Å². The fourth-order valence-electron chi connectivity index (χ4n) is 2.94. The zero-order valence-electron chi connectivity index (χ0n) is 14.8. The van der Waals surface area contributed by atoms with Gasteiger partial charge in [-0.1, -0.05) is 60.7 Å². The van der Waals surface area contributed by atoms with E-state index in [4.69, 9.17) is 0 Å². The van der Waals surface area contributed by atoms with E-state index in [9.17, 15) is 14.7 Å². The van der Waals surface area contributed by atoms with Crippen LogP contribution in [0.3, 0.4) is 0 Å². The summed E-state index contributed by atoms with van der Waals surface area (Å²) >= 11 is 0. The quantitative estimate of drug-likeness (QED) is 0.622. The molecule has 0 heterocycles. The van der Waals surface area contributed by atoms with E-state index in [-0.39, 0.29) is 17.5 Å². The fraction of sp³-hybridized carbons (Fsp3) is 0.0909. The van der Waals surface area contributed by atoms with Gasteiger partial charge in [-0.3, -0.25) is 4.79 Å². The van der Waals surface area contributed by atoms with Gasteiger partial charge < -0.3 is 15.7 Å². The Hall–Kier alpha value is -3.60. The van der Waals surface area contributed by atoms with Gasteiger partial charge in [-0.15, -0.1) is 0 Å². The van der Waals surface area contributed by atoms with Crippen molar-refractivity contribution in [2.24, 2.45) is 0 Å². The van der Waals surface area contributed by atoms with Gasteiger partial charge in [0, 0.05) is 18.3 Å². The molecule has 3 rings (SSSR count). The molecule has 3 aromatic rings. The lowest BCUT2D eigenvalue weighted by atomic mass is 9.98. The molecule has 136 valence electrons. The van der Waals surface area contributed by atoms with Gasteiger partial charge in [-0.2, -0.15) is 0 Å². The van der Waals surface area contributed by atoms with Crippen molar-refractivity contribution in [2.75, 3.05) is 12.4 Å². The van der Waals surface area contributed by atoms with E-state index in [1.807, 2.05) is 60.7 Å². The van der Waals surface area contributed by atoms with E-state index in [1.54, 1.807) is 19.2 Å². The minimum Gasteiger partial charge on any atom is -0.478 e. The predicted octanol–water partition coefficient (Wildman–Crippen LogP) is 3.95. The van der Waals surface area contributed by atoms with Crippen molar-refractivity contribution in [1.82, 2.24) is 5.32 Å². The lowest BCUT2D eigenvalue weighted by Crippen LogP contribution is -2.29. The Bertz CT molecular complexity index is 901. The molecule has 0 aliphatic heterocycles. The first kappa shape index (κ1) is 18.2. The highest BCUT2D eigenvalue weighted by molar-refractivity contribution is 6.00. The third kappa shape index (κ3) is 4.15. The molecule has 0 fully saturated rings. The molecule has 0 aliphatic rings. The maximum atomic E-state index is 12.9. The van der Waals surface area contributed by atoms with Crippen LogP contribution in [-0.2, 0) is 0 Å². The van der Waals surface area contributed by atoms with Gasteiger partial charge in [0.15, 0.2) is 0 Å². The predicted molar refractivity (Wildman–Crippen MR) is 105 cm³/mol. The molecule has 27 heavy (non-hydrogen) atoms. The Balaban J connectivity index is 1.94. The smallest absolute Gasteiger partial charge is 0.337 e. The molecule has 5 heteroatoms. The van der Waals surface area contributed by atoms with Crippen molar-refractivity contribution in [1.29, 1.82) is 0 Å². The second-order valence-corrected chi connectivity index (χ2v) is 6.04. The van der Waals surface area contributed by atoms with Crippen molar-refractivity contribution in [3.05, 3.63) is 101 Å². The average Bonchev–Trinajstić information content (AvgIpc) is 2.72. The van der Waals surface area contributed by atoms with Gasteiger partial charge in [-0.25, -0.2) is 4.79 Å². The SMILES string of the molecule is CNc1ccc(C(=O)NC(c2ccccc2)c2ccccc2)cc1C(=O)O. The summed E-state index contributed by atoms with van der Waals surface area (Å²) in [4.78, 5) is 24.3. The van der Waals surface area contributed by atoms with Gasteiger partial charge in [-0.05, 0) is 29.3 Å². The summed E-state index contributed by atoms with van der Waals surface area (Å²) in [5.74, 6) is -1.42. The van der Waals surface area contributed by atoms with E-state index < -0.39 is 5.97 Å². The molecule has 3 N–H and O–H groups in total. The number of benzene rings is 3. The summed E-state index contributed by atoms with van der Waals surface area (Å²) in [6, 6.07) is 23.6. The molecule has 3 aromatic carbocycles. The number of hydrogen-bond donors (Lipinski definition) is 3. The summed E-state index contributed by atoms with van der Waals surface area (Å²) in [5.41, 5.74) is 2.70. The number of carbonyl (C=O) groups is 2. The number of rotatable bonds is 6. The molecular weight excluding hydrogens is 340 g/mol. The molecule has 0 saturated carbocycles. The monoisotopic (exact) mass is 360 g/mol. The fourth-order valence-corrected chi connectivity index (χ4v) is 2.94. The molecule has 0 unspecified atom stereocenters. The van der Waals surface area contributed by atoms with Crippen LogP contribution >= 0.6 is 0 Å². The van der Waals surface area contributed by atoms with Crippen molar-refractivity contribution in [3.8, 4) is 0 Å². The van der Waals surface area contributed by atoms with Crippen LogP contribution in [0.15, 0.2) is 78.9 Å². The number of anilines is 1. The Kier molecular flexibility index (Phi) is 5.52. The minimum atomic E-state index is -1.09. The van der Waals surface area contributed by atoms with Gasteiger partial charge in [0.25, 0.3) is 5.91 Å². The molecule has 0 spiro atoms. The molecular formula is C22H20N2O3. The maximum Gasteiger partial charge on any atom is 0.337 e. The average molecular weight is 360 g/mol. The molecule has 0 aliphatic carbocycles. The lowest BCUT2D eigenvalue weighted by molar-refractivity contribution is 0.0698. The van der Waals surface area contributed by atoms with Crippen LogP contribution in [0.4, 0.5) is 5.69 Å². The summed E-state index contributed by atoms with van der Waals surface area (Å²) in [6.07, 6.45) is 0. The maximum absolute atomic E-state index is 12.9. The van der Waals surface area contributed by atoms with Crippen molar-refractivity contribution < 1.29 is 14.7 Å². The molecule has 0 bridgehead atoms. The van der Waals surface area contributed by atoms with Crippen LogP contribution in [0.25, 0.3) is 0 Å². The summed E-state index contributed by atoms with van der Waals surface area (Å²) in [6.45, 7) is 0. The van der Waals surface area contributed by atoms with Crippen LogP contribution in [0.5, 0.6) is 0 Å². The third-order valence-corrected chi connectivity index (χ3v) is 4.32. The standard InChI is InChI=1S/C22H20N2O3/c1-23-19-13-12-17(14-18(19)22(26)27)21(25)24-20(15-8-4-2-5-9-15)16-10-6-3-7-11-16/h2-14,20,23H,1H3,(H,24,25)(H,26,27). The van der Waals surface area contributed by atoms with Crippen LogP contribution in [-0.4, -0.2) is 24.0 Å². The highest BCUT2D eigenvalue weighted by Crippen LogP contribution is 2.23. The highest BCUT2D eigenvalue weighted by Gasteiger charge is 2.19. The van der Waals surface area contributed by atoms with Crippen molar-refractivity contribution >= 4 is 17.6 Å². The Labute approximate surface area is 157 Å². The zero-order chi connectivity index (χ0) is 19.2. The van der Waals surface area contributed by atoms with Gasteiger partial charge in [0.1, 0.15) is 0 Å². The number of hydrogen-bond acceptors (Lipinski definition) is 3. The van der Waals surface area contributed by atoms with Crippen LogP contribution in [0.2, 0.25) is 0 Å². The van der Waals surface area contributed by atoms with Gasteiger partial charge in [0.2, 0.25) is 0 Å². The van der Waals surface area contributed by atoms with Crippen LogP contribution < -0.4 is 10.6 Å². The Morgan fingerprint density at radius 1 is 0.852 bits per heavy atom. The molecule has 5 nitrogen and oxygen atoms in total. The Morgan fingerprint density at radius 2 is 1.41 bits per heavy atom. The van der Waals surface area contributed by atoms with Crippen molar-refractivity contribution in [3.63, 3.8) is 0 Å². The van der Waals surface area contributed by atoms with E-state index in [1.165, 1.54) is 6.07 Å². The number of amides is 1. The third-order valence-electron chi connectivity index (χ3n) is 4.32. The van der Waals surface area contributed by atoms with Crippen molar-refractivity contribution in [2.45, 2.75) is 6.04 Å². The number of aromatic carboxylic acids is 1. The summed E-state index contributed by atoms with van der Waals surface area (Å²) in [5, 5.41) is 15.2. The largest absolute Gasteiger partial charge is 0.478 e. The molecule has 0 atom stereocenters. The first-order chi connectivity index (χ1) is 13.1. The second-order valence-electron chi connectivity index (χ2n) is 6.04. The summed E-state index contributed by atoms with van der Waals surface area (Å²) < 4.78 is 0. The molecule has 0 radical (unpaired) electrons. The Morgan fingerprint density at radius 3 is 1.89 bits per heavy atom. The van der Waals surface area contributed by atoms with Gasteiger partial charge >= 0.3 is 5.97 Å². The molecule has 1 amide bonds. The molecule has 0 saturated heterocycles. The van der Waals surface area contributed by atoms with Gasteiger partial charge in [0.05, 0.1) is 11.6 Å². The first-order valence-electron chi connectivity index (χ1n) is 8.56. The number of carboxylic acids is 1. The first-order valence-corrected chi connectivity index (χ1v) is 8.56. The van der Waals surface area contributed by atoms with E-state index in [0.717, 1.165) is 11.1 Å². The van der Waals surface area contributed by atoms with Crippen LogP contribution in [0, 0.1) is 0 Å². The topological polar surface area (TPSA) is 78.4 Å². The highest BCUT2D eigenvalue weighted by atomic mass is 16.4. The minimum absolute atomic E-state index is 0.0566. The molecule has 0 aromatic heterocycles. The lowest BCUT2D eigenvalue weighted by Gasteiger charge is -2.20. The number of carboxylic acid groups (broad SMARTS) is 1. The number of carbonyl (C=O) groups excluding carboxylic acids is 1. The van der Waals surface area contributed by atoms with E-state index in [2.05, 4.69) is 10.6 Å². The number of nitrogens with one attached hydrogen (secondary N) is 2.